The van der Waals surface area contributed by atoms with Crippen LogP contribution in [0.5, 0.6) is 0 Å². The summed E-state index contributed by atoms with van der Waals surface area (Å²) >= 11 is 0. The number of urea groups is 1. The fourth-order valence-electron chi connectivity index (χ4n) is 2.22. The molecule has 1 aromatic carbocycles. The number of carbonyl (C=O) groups excluding carboxylic acids is 1. The minimum atomic E-state index is -0.249. The summed E-state index contributed by atoms with van der Waals surface area (Å²) in [6, 6.07) is 9.16. The molecule has 7 nitrogen and oxygen atoms in total. The summed E-state index contributed by atoms with van der Waals surface area (Å²) in [5.41, 5.74) is 1.67. The third-order valence-electron chi connectivity index (χ3n) is 3.16. The summed E-state index contributed by atoms with van der Waals surface area (Å²) in [5, 5.41) is 11.7. The highest BCUT2D eigenvalue weighted by atomic mass is 16.2. The fraction of sp³-hybridized carbons (Fsp3) is 0.267. The Morgan fingerprint density at radius 3 is 2.86 bits per heavy atom. The predicted octanol–water partition coefficient (Wildman–Crippen LogP) is 2.03. The summed E-state index contributed by atoms with van der Waals surface area (Å²) in [6.07, 6.45) is 3.33. The number of anilines is 1. The normalized spacial score (nSPS) is 12.7. The summed E-state index contributed by atoms with van der Waals surface area (Å²) < 4.78 is 0. The number of hydrogen-bond donors (Lipinski definition) is 2. The molecule has 3 rings (SSSR count). The Labute approximate surface area is 128 Å². The van der Waals surface area contributed by atoms with Gasteiger partial charge in [-0.3, -0.25) is 0 Å². The lowest BCUT2D eigenvalue weighted by molar-refractivity contribution is 0.241. The molecule has 0 spiro atoms. The van der Waals surface area contributed by atoms with Crippen molar-refractivity contribution in [3.63, 3.8) is 0 Å². The van der Waals surface area contributed by atoms with Crippen LogP contribution in [0.25, 0.3) is 0 Å². The Bertz CT molecular complexity index is 691. The number of aromatic nitrogens is 2. The van der Waals surface area contributed by atoms with Crippen molar-refractivity contribution >= 4 is 23.9 Å². The number of hydrogen-bond acceptors (Lipinski definition) is 4. The van der Waals surface area contributed by atoms with Gasteiger partial charge in [-0.05, 0) is 26.0 Å². The molecule has 0 atom stereocenters. The van der Waals surface area contributed by atoms with Crippen LogP contribution in [0.1, 0.15) is 19.4 Å². The molecular weight excluding hydrogens is 280 g/mol. The number of benzene rings is 1. The predicted molar refractivity (Wildman–Crippen MR) is 85.2 cm³/mol. The highest BCUT2D eigenvalue weighted by Crippen LogP contribution is 2.25. The molecule has 0 saturated heterocycles. The standard InChI is InChI=1S/C15H18N6O/c1-11(2)19-15(22)20(13-6-4-3-5-7-13)21-14-12(9-18-21)8-16-10-17-14/h3-7,9-11H,8H2,1-2H3,(H,16,17)(H,19,22). The molecule has 114 valence electrons. The van der Waals surface area contributed by atoms with Crippen molar-refractivity contribution in [2.45, 2.75) is 26.4 Å². The van der Waals surface area contributed by atoms with Gasteiger partial charge in [-0.1, -0.05) is 18.2 Å². The van der Waals surface area contributed by atoms with Gasteiger partial charge in [0.2, 0.25) is 0 Å². The van der Waals surface area contributed by atoms with E-state index in [9.17, 15) is 4.79 Å². The molecule has 22 heavy (non-hydrogen) atoms. The molecule has 2 heterocycles. The van der Waals surface area contributed by atoms with Crippen molar-refractivity contribution in [2.24, 2.45) is 4.99 Å². The van der Waals surface area contributed by atoms with E-state index in [1.54, 1.807) is 12.5 Å². The van der Waals surface area contributed by atoms with E-state index in [4.69, 9.17) is 0 Å². The van der Waals surface area contributed by atoms with Crippen LogP contribution in [0, 0.1) is 0 Å². The van der Waals surface area contributed by atoms with Crippen molar-refractivity contribution in [3.8, 4) is 0 Å². The van der Waals surface area contributed by atoms with Crippen LogP contribution >= 0.6 is 0 Å². The molecule has 0 unspecified atom stereocenters. The topological polar surface area (TPSA) is 74.5 Å². The molecule has 2 aromatic rings. The lowest BCUT2D eigenvalue weighted by Crippen LogP contribution is -2.46. The first-order chi connectivity index (χ1) is 10.7. The molecule has 0 radical (unpaired) electrons. The smallest absolute Gasteiger partial charge is 0.342 e. The molecule has 0 fully saturated rings. The highest BCUT2D eigenvalue weighted by Gasteiger charge is 2.24. The quantitative estimate of drug-likeness (QED) is 0.910. The number of rotatable bonds is 3. The van der Waals surface area contributed by atoms with Crippen LogP contribution in [-0.4, -0.2) is 28.3 Å². The Balaban J connectivity index is 2.05. The molecule has 0 bridgehead atoms. The second-order valence-electron chi connectivity index (χ2n) is 5.27. The summed E-state index contributed by atoms with van der Waals surface area (Å²) in [4.78, 5) is 18.5. The SMILES string of the molecule is CC(C)NC(=O)N(c1ccccc1)n1ncc2c1N=CNC2. The molecule has 1 aliphatic rings. The third-order valence-corrected chi connectivity index (χ3v) is 3.16. The zero-order valence-electron chi connectivity index (χ0n) is 12.5. The molecule has 7 heteroatoms. The van der Waals surface area contributed by atoms with Gasteiger partial charge in [-0.2, -0.15) is 10.1 Å². The number of fused-ring (bicyclic) bond motifs is 1. The van der Waals surface area contributed by atoms with Crippen LogP contribution < -0.4 is 15.6 Å². The maximum absolute atomic E-state index is 12.6. The van der Waals surface area contributed by atoms with Gasteiger partial charge in [-0.25, -0.2) is 9.79 Å². The first-order valence-corrected chi connectivity index (χ1v) is 7.15. The summed E-state index contributed by atoms with van der Waals surface area (Å²) in [6.45, 7) is 4.48. The van der Waals surface area contributed by atoms with E-state index in [2.05, 4.69) is 20.7 Å². The minimum absolute atomic E-state index is 0.0234. The summed E-state index contributed by atoms with van der Waals surface area (Å²) in [5.74, 6) is 0.654. The number of nitrogens with zero attached hydrogens (tertiary/aromatic N) is 4. The van der Waals surface area contributed by atoms with Crippen molar-refractivity contribution in [1.29, 1.82) is 0 Å². The van der Waals surface area contributed by atoms with Gasteiger partial charge in [0.05, 0.1) is 18.2 Å². The molecule has 1 aromatic heterocycles. The van der Waals surface area contributed by atoms with Gasteiger partial charge in [0, 0.05) is 18.2 Å². The van der Waals surface area contributed by atoms with Crippen LogP contribution in [0.4, 0.5) is 16.3 Å². The van der Waals surface area contributed by atoms with Crippen LogP contribution in [0.3, 0.4) is 0 Å². The zero-order chi connectivity index (χ0) is 15.5. The minimum Gasteiger partial charge on any atom is -0.372 e. The number of aliphatic imine (C=N–C) groups is 1. The molecule has 2 amide bonds. The second-order valence-corrected chi connectivity index (χ2v) is 5.27. The van der Waals surface area contributed by atoms with Gasteiger partial charge < -0.3 is 10.6 Å². The molecule has 0 saturated carbocycles. The lowest BCUT2D eigenvalue weighted by Gasteiger charge is -2.25. The molecule has 2 N–H and O–H groups in total. The van der Waals surface area contributed by atoms with Gasteiger partial charge >= 0.3 is 6.03 Å². The van der Waals surface area contributed by atoms with E-state index in [1.165, 1.54) is 9.80 Å². The Morgan fingerprint density at radius 2 is 2.14 bits per heavy atom. The average molecular weight is 298 g/mol. The molecule has 1 aliphatic heterocycles. The van der Waals surface area contributed by atoms with Crippen molar-refractivity contribution in [3.05, 3.63) is 42.1 Å². The van der Waals surface area contributed by atoms with Gasteiger partial charge in [0.1, 0.15) is 0 Å². The molecule has 0 aliphatic carbocycles. The zero-order valence-corrected chi connectivity index (χ0v) is 12.5. The monoisotopic (exact) mass is 298 g/mol. The van der Waals surface area contributed by atoms with Crippen molar-refractivity contribution in [1.82, 2.24) is 20.5 Å². The number of carbonyl (C=O) groups is 1. The number of amides is 2. The van der Waals surface area contributed by atoms with E-state index in [0.717, 1.165) is 11.3 Å². The van der Waals surface area contributed by atoms with Crippen LogP contribution in [-0.2, 0) is 6.54 Å². The van der Waals surface area contributed by atoms with E-state index >= 15 is 0 Å². The van der Waals surface area contributed by atoms with Crippen molar-refractivity contribution < 1.29 is 4.79 Å². The second kappa shape index (κ2) is 5.88. The first-order valence-electron chi connectivity index (χ1n) is 7.15. The maximum atomic E-state index is 12.6. The molecular formula is C15H18N6O. The fourth-order valence-corrected chi connectivity index (χ4v) is 2.22. The third kappa shape index (κ3) is 2.65. The van der Waals surface area contributed by atoms with Gasteiger partial charge in [-0.15, -0.1) is 4.79 Å². The largest absolute Gasteiger partial charge is 0.372 e. The average Bonchev–Trinajstić information content (AvgIpc) is 2.92. The number of nitrogens with one attached hydrogen (secondary N) is 2. The first kappa shape index (κ1) is 14.1. The summed E-state index contributed by atoms with van der Waals surface area (Å²) in [7, 11) is 0. The van der Waals surface area contributed by atoms with E-state index in [1.807, 2.05) is 44.2 Å². The van der Waals surface area contributed by atoms with E-state index in [-0.39, 0.29) is 12.1 Å². The lowest BCUT2D eigenvalue weighted by atomic mass is 10.3. The Kier molecular flexibility index (Phi) is 3.78. The van der Waals surface area contributed by atoms with Gasteiger partial charge in [0.25, 0.3) is 0 Å². The van der Waals surface area contributed by atoms with E-state index < -0.39 is 0 Å². The van der Waals surface area contributed by atoms with Crippen LogP contribution in [0.2, 0.25) is 0 Å². The Morgan fingerprint density at radius 1 is 1.36 bits per heavy atom. The maximum Gasteiger partial charge on any atom is 0.342 e. The Hall–Kier alpha value is -2.83. The van der Waals surface area contributed by atoms with Crippen LogP contribution in [0.15, 0.2) is 41.5 Å². The van der Waals surface area contributed by atoms with Gasteiger partial charge in [0.15, 0.2) is 5.82 Å². The van der Waals surface area contributed by atoms with Crippen molar-refractivity contribution in [2.75, 3.05) is 5.01 Å². The highest BCUT2D eigenvalue weighted by molar-refractivity contribution is 5.92. The number of para-hydroxylation sites is 1. The van der Waals surface area contributed by atoms with E-state index in [0.29, 0.717) is 12.4 Å².